The van der Waals surface area contributed by atoms with Crippen LogP contribution < -0.4 is 9.05 Å². The zero-order chi connectivity index (χ0) is 24.5. The van der Waals surface area contributed by atoms with E-state index in [1.807, 2.05) is 43.3 Å². The van der Waals surface area contributed by atoms with Gasteiger partial charge in [-0.15, -0.1) is 4.20 Å². The lowest BCUT2D eigenvalue weighted by atomic mass is 9.91. The summed E-state index contributed by atoms with van der Waals surface area (Å²) in [6, 6.07) is 28.6. The predicted molar refractivity (Wildman–Crippen MR) is 144 cm³/mol. The molecule has 0 spiro atoms. The number of hydrogen-bond donors (Lipinski definition) is 0. The maximum absolute atomic E-state index is 15.5. The lowest BCUT2D eigenvalue weighted by molar-refractivity contribution is 0.427. The van der Waals surface area contributed by atoms with Crippen LogP contribution in [0.25, 0.3) is 0 Å². The predicted octanol–water partition coefficient (Wildman–Crippen LogP) is 9.73. The molecule has 2 bridgehead atoms. The van der Waals surface area contributed by atoms with Crippen LogP contribution >= 0.6 is 20.4 Å². The molecule has 5 heteroatoms. The maximum Gasteiger partial charge on any atom is 0.505 e. The molecule has 0 aromatic heterocycles. The van der Waals surface area contributed by atoms with E-state index in [0.717, 1.165) is 32.7 Å². The maximum atomic E-state index is 15.5. The highest BCUT2D eigenvalue weighted by Gasteiger charge is 2.29. The Labute approximate surface area is 212 Å². The third-order valence-corrected chi connectivity index (χ3v) is 8.35. The van der Waals surface area contributed by atoms with Gasteiger partial charge in [-0.1, -0.05) is 97.9 Å². The van der Waals surface area contributed by atoms with Gasteiger partial charge in [0.2, 0.25) is 0 Å². The van der Waals surface area contributed by atoms with Crippen molar-refractivity contribution in [3.63, 3.8) is 0 Å². The minimum absolute atomic E-state index is 0.0622. The summed E-state index contributed by atoms with van der Waals surface area (Å²) in [5, 5.41) is 0. The lowest BCUT2D eigenvalue weighted by Gasteiger charge is -2.21. The molecule has 5 rings (SSSR count). The van der Waals surface area contributed by atoms with E-state index < -0.39 is 8.69 Å². The molecule has 0 radical (unpaired) electrons. The first-order chi connectivity index (χ1) is 16.9. The van der Waals surface area contributed by atoms with Crippen LogP contribution in [0.4, 0.5) is 4.20 Å². The summed E-state index contributed by atoms with van der Waals surface area (Å²) in [6.45, 7) is 8.37. The van der Waals surface area contributed by atoms with E-state index >= 15 is 4.20 Å². The van der Waals surface area contributed by atoms with Crippen LogP contribution in [0, 0.1) is 13.8 Å². The fraction of sp³-hybridized carbons (Fsp3) is 0.200. The number of aryl methyl sites for hydroxylation is 2. The van der Waals surface area contributed by atoms with Crippen molar-refractivity contribution >= 4 is 20.4 Å². The molecule has 4 aromatic rings. The first kappa shape index (κ1) is 23.9. The lowest BCUT2D eigenvalue weighted by Crippen LogP contribution is -2.03. The van der Waals surface area contributed by atoms with E-state index in [4.69, 9.17) is 9.05 Å². The number of hydrogen-bond acceptors (Lipinski definition) is 3. The van der Waals surface area contributed by atoms with Gasteiger partial charge in [-0.25, -0.2) is 0 Å². The van der Waals surface area contributed by atoms with Crippen LogP contribution in [-0.4, -0.2) is 0 Å². The van der Waals surface area contributed by atoms with Gasteiger partial charge in [0.05, 0.1) is 4.90 Å². The summed E-state index contributed by atoms with van der Waals surface area (Å²) in [4.78, 5) is 2.10. The highest BCUT2D eigenvalue weighted by Crippen LogP contribution is 2.53. The van der Waals surface area contributed by atoms with Gasteiger partial charge in [0.15, 0.2) is 0 Å². The zero-order valence-electron chi connectivity index (χ0n) is 20.3. The largest absolute Gasteiger partial charge is 0.505 e. The number of benzene rings is 4. The highest BCUT2D eigenvalue weighted by molar-refractivity contribution is 7.99. The van der Waals surface area contributed by atoms with Gasteiger partial charge >= 0.3 is 8.69 Å². The Hall–Kier alpha value is -2.81. The van der Waals surface area contributed by atoms with Crippen molar-refractivity contribution in [2.75, 3.05) is 0 Å². The van der Waals surface area contributed by atoms with Crippen molar-refractivity contribution in [1.29, 1.82) is 0 Å². The van der Waals surface area contributed by atoms with E-state index in [9.17, 15) is 0 Å². The molecular weight excluding hydrogens is 474 g/mol. The van der Waals surface area contributed by atoms with Crippen molar-refractivity contribution in [2.45, 2.75) is 49.3 Å². The van der Waals surface area contributed by atoms with Gasteiger partial charge in [-0.2, -0.15) is 0 Å². The van der Waals surface area contributed by atoms with Gasteiger partial charge in [0, 0.05) is 27.9 Å². The number of rotatable bonds is 6. The quantitative estimate of drug-likeness (QED) is 0.245. The summed E-state index contributed by atoms with van der Waals surface area (Å²) in [6.07, 6.45) is 0. The standard InChI is InChI=1S/C30H28FO2PS/c1-19-14-15-27(25(16-19)21(3)23-10-6-5-7-11-23)32-34(31)33-30-26-17-20(2)18-29(30)35-28-13-9-8-12-24(28)22(26)4/h5-18,21-22H,1-4H3. The van der Waals surface area contributed by atoms with Crippen molar-refractivity contribution in [3.05, 3.63) is 118 Å². The second-order valence-electron chi connectivity index (χ2n) is 9.11. The van der Waals surface area contributed by atoms with E-state index in [1.54, 1.807) is 11.8 Å². The molecule has 1 heterocycles. The van der Waals surface area contributed by atoms with Gasteiger partial charge < -0.3 is 9.05 Å². The molecule has 35 heavy (non-hydrogen) atoms. The number of halogens is 1. The SMILES string of the molecule is Cc1ccc(OP(F)Oc2c3cc(C)cc2C(C)c2ccccc2S3)c(C(C)c2ccccc2)c1. The van der Waals surface area contributed by atoms with Crippen LogP contribution in [0.2, 0.25) is 0 Å². The first-order valence-electron chi connectivity index (χ1n) is 11.8. The molecule has 0 N–H and O–H groups in total. The average Bonchev–Trinajstić information content (AvgIpc) is 2.92. The van der Waals surface area contributed by atoms with Gasteiger partial charge in [0.25, 0.3) is 0 Å². The van der Waals surface area contributed by atoms with Gasteiger partial charge in [-0.3, -0.25) is 0 Å². The van der Waals surface area contributed by atoms with Crippen molar-refractivity contribution in [3.8, 4) is 11.5 Å². The molecule has 0 fully saturated rings. The van der Waals surface area contributed by atoms with Crippen LogP contribution in [0.1, 0.15) is 59.1 Å². The minimum Gasteiger partial charge on any atom is -0.414 e. The molecule has 0 amide bonds. The van der Waals surface area contributed by atoms with Crippen LogP contribution in [0.5, 0.6) is 11.5 Å². The third kappa shape index (κ3) is 4.96. The van der Waals surface area contributed by atoms with E-state index in [-0.39, 0.29) is 11.8 Å². The number of fused-ring (bicyclic) bond motifs is 3. The molecule has 0 saturated heterocycles. The Kier molecular flexibility index (Phi) is 6.86. The molecule has 0 saturated carbocycles. The summed E-state index contributed by atoms with van der Waals surface area (Å²) >= 11 is 1.63. The Balaban J connectivity index is 1.45. The van der Waals surface area contributed by atoms with Crippen LogP contribution in [0.3, 0.4) is 0 Å². The van der Waals surface area contributed by atoms with Crippen molar-refractivity contribution in [2.24, 2.45) is 0 Å². The second-order valence-corrected chi connectivity index (χ2v) is 11.0. The molecule has 3 unspecified atom stereocenters. The molecule has 4 aromatic carbocycles. The van der Waals surface area contributed by atoms with Crippen LogP contribution in [-0.2, 0) is 0 Å². The summed E-state index contributed by atoms with van der Waals surface area (Å²) in [5.74, 6) is 1.26. The Morgan fingerprint density at radius 1 is 0.800 bits per heavy atom. The fourth-order valence-electron chi connectivity index (χ4n) is 4.66. The van der Waals surface area contributed by atoms with E-state index in [2.05, 4.69) is 69.3 Å². The molecule has 0 aliphatic carbocycles. The Morgan fingerprint density at radius 3 is 2.34 bits per heavy atom. The molecule has 1 aliphatic heterocycles. The molecule has 1 aliphatic rings. The topological polar surface area (TPSA) is 18.5 Å². The summed E-state index contributed by atoms with van der Waals surface area (Å²) < 4.78 is 27.4. The normalized spacial score (nSPS) is 16.1. The van der Waals surface area contributed by atoms with Crippen LogP contribution in [0.15, 0.2) is 94.7 Å². The average molecular weight is 503 g/mol. The molecule has 178 valence electrons. The Bertz CT molecular complexity index is 1360. The smallest absolute Gasteiger partial charge is 0.414 e. The highest BCUT2D eigenvalue weighted by atomic mass is 32.2. The minimum atomic E-state index is -2.69. The zero-order valence-corrected chi connectivity index (χ0v) is 22.0. The fourth-order valence-corrected chi connectivity index (χ4v) is 6.67. The van der Waals surface area contributed by atoms with Crippen molar-refractivity contribution in [1.82, 2.24) is 0 Å². The monoisotopic (exact) mass is 502 g/mol. The molecule has 3 atom stereocenters. The molecule has 2 nitrogen and oxygen atoms in total. The summed E-state index contributed by atoms with van der Waals surface area (Å²) in [5.41, 5.74) is 6.57. The van der Waals surface area contributed by atoms with E-state index in [0.29, 0.717) is 11.5 Å². The van der Waals surface area contributed by atoms with Crippen molar-refractivity contribution < 1.29 is 13.2 Å². The van der Waals surface area contributed by atoms with E-state index in [1.165, 1.54) is 10.5 Å². The first-order valence-corrected chi connectivity index (χ1v) is 13.7. The molecular formula is C30H28FO2PS. The van der Waals surface area contributed by atoms with Gasteiger partial charge in [-0.05, 0) is 48.7 Å². The third-order valence-electron chi connectivity index (χ3n) is 6.56. The van der Waals surface area contributed by atoms with Gasteiger partial charge in [0.1, 0.15) is 11.5 Å². The summed E-state index contributed by atoms with van der Waals surface area (Å²) in [7, 11) is -2.69. The second kappa shape index (κ2) is 10.0. The Morgan fingerprint density at radius 2 is 1.54 bits per heavy atom.